The van der Waals surface area contributed by atoms with E-state index in [0.29, 0.717) is 0 Å². The van der Waals surface area contributed by atoms with Crippen molar-refractivity contribution in [2.75, 3.05) is 9.80 Å². The van der Waals surface area contributed by atoms with Crippen LogP contribution in [-0.4, -0.2) is 0 Å². The molecule has 0 N–H and O–H groups in total. The fraction of sp³-hybridized carbons (Fsp3) is 0.200. The molecule has 0 spiro atoms. The highest BCUT2D eigenvalue weighted by molar-refractivity contribution is 5.87. The van der Waals surface area contributed by atoms with E-state index in [2.05, 4.69) is 197 Å². The first kappa shape index (κ1) is 29.3. The lowest BCUT2D eigenvalue weighted by Crippen LogP contribution is -2.32. The van der Waals surface area contributed by atoms with E-state index >= 15 is 0 Å². The van der Waals surface area contributed by atoms with E-state index in [1.54, 1.807) is 0 Å². The molecule has 0 radical (unpaired) electrons. The van der Waals surface area contributed by atoms with Crippen LogP contribution in [0.25, 0.3) is 0 Å². The zero-order chi connectivity index (χ0) is 32.6. The van der Waals surface area contributed by atoms with Crippen molar-refractivity contribution < 1.29 is 0 Å². The molecule has 0 aromatic heterocycles. The van der Waals surface area contributed by atoms with Gasteiger partial charge >= 0.3 is 0 Å². The third-order valence-electron chi connectivity index (χ3n) is 10.9. The summed E-state index contributed by atoms with van der Waals surface area (Å²) in [5.74, 6) is 0. The molecule has 6 aromatic carbocycles. The Morgan fingerprint density at radius 2 is 0.723 bits per heavy atom. The van der Waals surface area contributed by atoms with Gasteiger partial charge in [-0.1, -0.05) is 139 Å². The van der Waals surface area contributed by atoms with Gasteiger partial charge in [-0.2, -0.15) is 0 Å². The minimum atomic E-state index is -0.223. The van der Waals surface area contributed by atoms with E-state index < -0.39 is 0 Å². The number of anilines is 6. The molecule has 2 aliphatic rings. The number of para-hydroxylation sites is 4. The second-order valence-electron chi connectivity index (χ2n) is 14.7. The SMILES string of the molecule is CC(C)(c1ccc2c(c1)C(C)(C)c1ccccc1N2c1ccccc1)c1ccc2c(c1)C(C)(C)c1ccccc1N2c1ccccc1. The summed E-state index contributed by atoms with van der Waals surface area (Å²) in [5.41, 5.74) is 14.9. The molecule has 6 aromatic rings. The molecule has 0 unspecified atom stereocenters. The first-order chi connectivity index (χ1) is 22.6. The molecule has 232 valence electrons. The standard InChI is InChI=1S/C45H42N2/c1-43(2,31-25-27-41-37(29-31)44(3,4)35-21-13-15-23-39(35)46(41)33-17-9-7-10-18-33)32-26-28-42-38(30-32)45(5,6)36-22-14-16-24-40(36)47(42)34-19-11-8-12-20-34/h7-30H,1-6H3. The van der Waals surface area contributed by atoms with E-state index in [1.165, 1.54) is 67.5 Å². The number of hydrogen-bond donors (Lipinski definition) is 0. The zero-order valence-corrected chi connectivity index (χ0v) is 28.3. The average Bonchev–Trinajstić information content (AvgIpc) is 3.09. The van der Waals surface area contributed by atoms with Crippen LogP contribution in [0, 0.1) is 0 Å². The van der Waals surface area contributed by atoms with E-state index in [9.17, 15) is 0 Å². The number of hydrogen-bond acceptors (Lipinski definition) is 2. The Balaban J connectivity index is 1.27. The average molecular weight is 611 g/mol. The molecule has 0 aliphatic carbocycles. The molecule has 2 aliphatic heterocycles. The van der Waals surface area contributed by atoms with E-state index in [-0.39, 0.29) is 16.2 Å². The molecule has 0 bridgehead atoms. The molecule has 0 fully saturated rings. The van der Waals surface area contributed by atoms with Crippen molar-refractivity contribution in [1.29, 1.82) is 0 Å². The maximum atomic E-state index is 2.48. The number of nitrogens with zero attached hydrogens (tertiary/aromatic N) is 2. The summed E-state index contributed by atoms with van der Waals surface area (Å²) in [6.07, 6.45) is 0. The summed E-state index contributed by atoms with van der Waals surface area (Å²) < 4.78 is 0. The molecule has 0 saturated carbocycles. The van der Waals surface area contributed by atoms with Crippen LogP contribution in [-0.2, 0) is 16.2 Å². The fourth-order valence-electron chi connectivity index (χ4n) is 8.06. The maximum absolute atomic E-state index is 2.48. The van der Waals surface area contributed by atoms with Crippen LogP contribution >= 0.6 is 0 Å². The molecule has 0 saturated heterocycles. The molecular formula is C45H42N2. The highest BCUT2D eigenvalue weighted by Crippen LogP contribution is 2.55. The second-order valence-corrected chi connectivity index (χ2v) is 14.7. The quantitative estimate of drug-likeness (QED) is 0.196. The lowest BCUT2D eigenvalue weighted by molar-refractivity contribution is 0.603. The van der Waals surface area contributed by atoms with Crippen LogP contribution in [0.5, 0.6) is 0 Å². The highest BCUT2D eigenvalue weighted by Gasteiger charge is 2.40. The summed E-state index contributed by atoms with van der Waals surface area (Å²) in [4.78, 5) is 4.87. The van der Waals surface area contributed by atoms with E-state index in [4.69, 9.17) is 0 Å². The highest BCUT2D eigenvalue weighted by atomic mass is 15.2. The minimum Gasteiger partial charge on any atom is -0.310 e. The van der Waals surface area contributed by atoms with E-state index in [1.807, 2.05) is 0 Å². The van der Waals surface area contributed by atoms with Crippen molar-refractivity contribution in [1.82, 2.24) is 0 Å². The lowest BCUT2D eigenvalue weighted by atomic mass is 9.68. The Hall–Kier alpha value is -5.08. The largest absolute Gasteiger partial charge is 0.310 e. The summed E-state index contributed by atoms with van der Waals surface area (Å²) in [5, 5.41) is 0. The Kier molecular flexibility index (Phi) is 6.53. The Morgan fingerprint density at radius 3 is 1.13 bits per heavy atom. The Labute approximate surface area is 280 Å². The molecule has 0 atom stereocenters. The Bertz CT molecular complexity index is 1970. The summed E-state index contributed by atoms with van der Waals surface area (Å²) in [6, 6.07) is 53.7. The molecular weight excluding hydrogens is 569 g/mol. The first-order valence-corrected chi connectivity index (χ1v) is 16.8. The molecule has 2 heteroatoms. The molecule has 47 heavy (non-hydrogen) atoms. The first-order valence-electron chi connectivity index (χ1n) is 16.8. The van der Waals surface area contributed by atoms with Gasteiger partial charge in [0.25, 0.3) is 0 Å². The topological polar surface area (TPSA) is 6.48 Å². The van der Waals surface area contributed by atoms with E-state index in [0.717, 1.165) is 0 Å². The van der Waals surface area contributed by atoms with Gasteiger partial charge in [-0.25, -0.2) is 0 Å². The van der Waals surface area contributed by atoms with Crippen molar-refractivity contribution in [3.8, 4) is 0 Å². The minimum absolute atomic E-state index is 0.152. The lowest BCUT2D eigenvalue weighted by Gasteiger charge is -2.44. The third-order valence-corrected chi connectivity index (χ3v) is 10.9. The summed E-state index contributed by atoms with van der Waals surface area (Å²) in [7, 11) is 0. The van der Waals surface area contributed by atoms with Crippen LogP contribution in [0.1, 0.15) is 74.9 Å². The summed E-state index contributed by atoms with van der Waals surface area (Å²) in [6.45, 7) is 14.3. The number of benzene rings is 6. The van der Waals surface area contributed by atoms with Gasteiger partial charge in [0.2, 0.25) is 0 Å². The van der Waals surface area contributed by atoms with Crippen molar-refractivity contribution in [3.63, 3.8) is 0 Å². The smallest absolute Gasteiger partial charge is 0.0502 e. The van der Waals surface area contributed by atoms with Crippen molar-refractivity contribution in [3.05, 3.63) is 179 Å². The predicted octanol–water partition coefficient (Wildman–Crippen LogP) is 12.2. The van der Waals surface area contributed by atoms with Crippen molar-refractivity contribution in [2.45, 2.75) is 57.8 Å². The number of rotatable bonds is 4. The van der Waals surface area contributed by atoms with Gasteiger partial charge < -0.3 is 9.80 Å². The normalized spacial score (nSPS) is 15.7. The van der Waals surface area contributed by atoms with Crippen molar-refractivity contribution in [2.24, 2.45) is 0 Å². The fourth-order valence-corrected chi connectivity index (χ4v) is 8.06. The van der Waals surface area contributed by atoms with Crippen LogP contribution in [0.3, 0.4) is 0 Å². The monoisotopic (exact) mass is 610 g/mol. The van der Waals surface area contributed by atoms with Gasteiger partial charge in [-0.15, -0.1) is 0 Å². The third kappa shape index (κ3) is 4.38. The van der Waals surface area contributed by atoms with Crippen LogP contribution in [0.2, 0.25) is 0 Å². The van der Waals surface area contributed by atoms with Crippen LogP contribution in [0.4, 0.5) is 34.1 Å². The van der Waals surface area contributed by atoms with Gasteiger partial charge in [-0.05, 0) is 81.9 Å². The molecule has 2 heterocycles. The molecule has 8 rings (SSSR count). The summed E-state index contributed by atoms with van der Waals surface area (Å²) >= 11 is 0. The van der Waals surface area contributed by atoms with Crippen LogP contribution in [0.15, 0.2) is 146 Å². The zero-order valence-electron chi connectivity index (χ0n) is 28.3. The van der Waals surface area contributed by atoms with Gasteiger partial charge in [0, 0.05) is 27.6 Å². The molecule has 2 nitrogen and oxygen atoms in total. The van der Waals surface area contributed by atoms with Gasteiger partial charge in [0.05, 0.1) is 22.7 Å². The van der Waals surface area contributed by atoms with Crippen LogP contribution < -0.4 is 9.80 Å². The van der Waals surface area contributed by atoms with Gasteiger partial charge in [-0.3, -0.25) is 0 Å². The van der Waals surface area contributed by atoms with Gasteiger partial charge in [0.1, 0.15) is 0 Å². The van der Waals surface area contributed by atoms with Crippen molar-refractivity contribution >= 4 is 34.1 Å². The Morgan fingerprint density at radius 1 is 0.383 bits per heavy atom. The molecule has 0 amide bonds. The predicted molar refractivity (Wildman–Crippen MR) is 199 cm³/mol. The second kappa shape index (κ2) is 10.5. The number of fused-ring (bicyclic) bond motifs is 4. The van der Waals surface area contributed by atoms with Gasteiger partial charge in [0.15, 0.2) is 0 Å². The maximum Gasteiger partial charge on any atom is 0.0502 e.